The largest absolute Gasteiger partial charge is 0.481 e. The van der Waals surface area contributed by atoms with Gasteiger partial charge >= 0.3 is 11.9 Å². The topological polar surface area (TPSA) is 63.6 Å². The van der Waals surface area contributed by atoms with Crippen LogP contribution in [0.4, 0.5) is 0 Å². The van der Waals surface area contributed by atoms with Crippen molar-refractivity contribution in [1.82, 2.24) is 0 Å². The zero-order chi connectivity index (χ0) is 23.8. The lowest BCUT2D eigenvalue weighted by molar-refractivity contribution is -0.174. The molecule has 2 rings (SSSR count). The number of benzene rings is 2. The zero-order valence-corrected chi connectivity index (χ0v) is 19.9. The van der Waals surface area contributed by atoms with Gasteiger partial charge in [-0.05, 0) is 57.1 Å². The molecule has 0 saturated heterocycles. The van der Waals surface area contributed by atoms with Crippen LogP contribution in [-0.4, -0.2) is 22.6 Å². The molecule has 0 heterocycles. The normalized spacial score (nSPS) is 14.8. The first-order valence-electron chi connectivity index (χ1n) is 11.3. The molecule has 4 nitrogen and oxygen atoms in total. The van der Waals surface area contributed by atoms with Crippen LogP contribution in [0.15, 0.2) is 66.7 Å². The minimum absolute atomic E-state index is 0.0952. The maximum absolute atomic E-state index is 13.4. The fourth-order valence-electron chi connectivity index (χ4n) is 4.16. The molecule has 0 aromatic heterocycles. The molecule has 0 aliphatic heterocycles. The number of rotatable bonds is 10. The molecule has 0 radical (unpaired) electrons. The third-order valence-corrected chi connectivity index (χ3v) is 5.40. The number of hydrogen-bond donors (Lipinski definition) is 1. The van der Waals surface area contributed by atoms with Gasteiger partial charge in [0.15, 0.2) is 0 Å². The predicted octanol–water partition coefficient (Wildman–Crippen LogP) is 6.41. The van der Waals surface area contributed by atoms with E-state index in [9.17, 15) is 14.7 Å². The van der Waals surface area contributed by atoms with E-state index in [1.54, 1.807) is 0 Å². The van der Waals surface area contributed by atoms with Crippen molar-refractivity contribution in [2.75, 3.05) is 0 Å². The fourth-order valence-corrected chi connectivity index (χ4v) is 4.16. The van der Waals surface area contributed by atoms with E-state index < -0.39 is 28.9 Å². The molecule has 0 bridgehead atoms. The first-order valence-corrected chi connectivity index (χ1v) is 11.3. The van der Waals surface area contributed by atoms with Crippen LogP contribution in [0.25, 0.3) is 6.08 Å². The predicted molar refractivity (Wildman–Crippen MR) is 129 cm³/mol. The van der Waals surface area contributed by atoms with Crippen LogP contribution in [0.2, 0.25) is 0 Å². The van der Waals surface area contributed by atoms with Gasteiger partial charge in [0, 0.05) is 0 Å². The summed E-state index contributed by atoms with van der Waals surface area (Å²) in [5.74, 6) is -2.15. The van der Waals surface area contributed by atoms with Crippen molar-refractivity contribution in [3.8, 4) is 0 Å². The third kappa shape index (κ3) is 7.37. The molecule has 0 fully saturated rings. The Kier molecular flexibility index (Phi) is 8.82. The summed E-state index contributed by atoms with van der Waals surface area (Å²) >= 11 is 0. The van der Waals surface area contributed by atoms with Crippen LogP contribution in [0.3, 0.4) is 0 Å². The van der Waals surface area contributed by atoms with E-state index in [4.69, 9.17) is 4.74 Å². The smallest absolute Gasteiger partial charge is 0.310 e. The van der Waals surface area contributed by atoms with Gasteiger partial charge in [-0.3, -0.25) is 9.59 Å². The van der Waals surface area contributed by atoms with Gasteiger partial charge in [0.05, 0.1) is 11.3 Å². The van der Waals surface area contributed by atoms with E-state index in [2.05, 4.69) is 0 Å². The Hall–Kier alpha value is -2.88. The highest BCUT2D eigenvalue weighted by Gasteiger charge is 2.50. The Morgan fingerprint density at radius 3 is 2.03 bits per heavy atom. The molecular formula is C28H36O4. The van der Waals surface area contributed by atoms with Gasteiger partial charge in [0.1, 0.15) is 5.60 Å². The van der Waals surface area contributed by atoms with Crippen LogP contribution < -0.4 is 0 Å². The molecule has 0 saturated carbocycles. The van der Waals surface area contributed by atoms with Crippen LogP contribution in [0, 0.1) is 17.3 Å². The Morgan fingerprint density at radius 1 is 0.969 bits per heavy atom. The first kappa shape index (κ1) is 25.4. The number of ether oxygens (including phenoxy) is 1. The van der Waals surface area contributed by atoms with Crippen molar-refractivity contribution in [3.05, 3.63) is 77.9 Å². The maximum Gasteiger partial charge on any atom is 0.310 e. The Morgan fingerprint density at radius 2 is 1.53 bits per heavy atom. The third-order valence-electron chi connectivity index (χ3n) is 5.40. The van der Waals surface area contributed by atoms with Crippen molar-refractivity contribution >= 4 is 18.0 Å². The molecule has 0 unspecified atom stereocenters. The standard InChI is InChI=1S/C28H36O4/c1-21(2)19-28(26(30)31,20-23-15-10-7-11-16-23)24(25(29)32-27(3,4)5)18-12-17-22-13-8-6-9-14-22/h6-17,21,24H,18-20H2,1-5H3,(H,30,31)/b17-12+/t24-,28-/m1/s1. The van der Waals surface area contributed by atoms with Crippen LogP contribution in [0.5, 0.6) is 0 Å². The highest BCUT2D eigenvalue weighted by atomic mass is 16.6. The van der Waals surface area contributed by atoms with Crippen LogP contribution in [-0.2, 0) is 20.7 Å². The maximum atomic E-state index is 13.4. The molecule has 0 aliphatic carbocycles. The summed E-state index contributed by atoms with van der Waals surface area (Å²) in [5.41, 5.74) is -0.0777. The number of esters is 1. The first-order chi connectivity index (χ1) is 15.0. The van der Waals surface area contributed by atoms with E-state index in [1.807, 2.05) is 107 Å². The number of carboxylic acid groups (broad SMARTS) is 1. The number of carbonyl (C=O) groups excluding carboxylic acids is 1. The average Bonchev–Trinajstić information content (AvgIpc) is 2.70. The van der Waals surface area contributed by atoms with Gasteiger partial charge in [-0.2, -0.15) is 0 Å². The van der Waals surface area contributed by atoms with E-state index in [0.29, 0.717) is 6.42 Å². The molecule has 0 aliphatic rings. The summed E-state index contributed by atoms with van der Waals surface area (Å²) in [6.45, 7) is 9.42. The summed E-state index contributed by atoms with van der Waals surface area (Å²) in [4.78, 5) is 26.3. The molecular weight excluding hydrogens is 400 g/mol. The van der Waals surface area contributed by atoms with Gasteiger partial charge in [-0.25, -0.2) is 0 Å². The van der Waals surface area contributed by atoms with E-state index in [-0.39, 0.29) is 18.8 Å². The van der Waals surface area contributed by atoms with Crippen molar-refractivity contribution in [3.63, 3.8) is 0 Å². The highest BCUT2D eigenvalue weighted by molar-refractivity contribution is 5.85. The summed E-state index contributed by atoms with van der Waals surface area (Å²) in [5, 5.41) is 10.5. The molecule has 2 aromatic carbocycles. The fraction of sp³-hybridized carbons (Fsp3) is 0.429. The molecule has 172 valence electrons. The monoisotopic (exact) mass is 436 g/mol. The molecule has 2 aromatic rings. The van der Waals surface area contributed by atoms with Gasteiger partial charge in [0.2, 0.25) is 0 Å². The lowest BCUT2D eigenvalue weighted by Gasteiger charge is -2.38. The second kappa shape index (κ2) is 11.1. The van der Waals surface area contributed by atoms with E-state index >= 15 is 0 Å². The Labute approximate surface area is 192 Å². The Bertz CT molecular complexity index is 894. The van der Waals surface area contributed by atoms with Crippen molar-refractivity contribution in [1.29, 1.82) is 0 Å². The number of hydrogen-bond acceptors (Lipinski definition) is 3. The minimum atomic E-state index is -1.28. The van der Waals surface area contributed by atoms with Crippen molar-refractivity contribution < 1.29 is 19.4 Å². The summed E-state index contributed by atoms with van der Waals surface area (Å²) in [6, 6.07) is 19.3. The quantitative estimate of drug-likeness (QED) is 0.437. The number of carbonyl (C=O) groups is 2. The van der Waals surface area contributed by atoms with Gasteiger partial charge < -0.3 is 9.84 Å². The second-order valence-corrected chi connectivity index (χ2v) is 9.86. The number of aliphatic carboxylic acids is 1. The molecule has 1 N–H and O–H groups in total. The van der Waals surface area contributed by atoms with Gasteiger partial charge in [0.25, 0.3) is 0 Å². The molecule has 32 heavy (non-hydrogen) atoms. The Balaban J connectivity index is 2.51. The molecule has 0 spiro atoms. The van der Waals surface area contributed by atoms with E-state index in [0.717, 1.165) is 11.1 Å². The molecule has 2 atom stereocenters. The lowest BCUT2D eigenvalue weighted by atomic mass is 9.65. The zero-order valence-electron chi connectivity index (χ0n) is 19.9. The minimum Gasteiger partial charge on any atom is -0.481 e. The van der Waals surface area contributed by atoms with E-state index in [1.165, 1.54) is 0 Å². The number of carboxylic acids is 1. The summed E-state index contributed by atoms with van der Waals surface area (Å²) in [7, 11) is 0. The second-order valence-electron chi connectivity index (χ2n) is 9.86. The van der Waals surface area contributed by atoms with Crippen LogP contribution >= 0.6 is 0 Å². The molecule has 4 heteroatoms. The van der Waals surface area contributed by atoms with Gasteiger partial charge in [-0.1, -0.05) is 86.7 Å². The SMILES string of the molecule is CC(C)C[C@](Cc1ccccc1)(C(=O)O)[C@H](C/C=C/c1ccccc1)C(=O)OC(C)(C)C. The van der Waals surface area contributed by atoms with Crippen molar-refractivity contribution in [2.45, 2.75) is 59.5 Å². The van der Waals surface area contributed by atoms with Crippen molar-refractivity contribution in [2.24, 2.45) is 17.3 Å². The summed E-state index contributed by atoms with van der Waals surface area (Å²) in [6.07, 6.45) is 4.76. The lowest BCUT2D eigenvalue weighted by Crippen LogP contribution is -2.47. The summed E-state index contributed by atoms with van der Waals surface area (Å²) < 4.78 is 5.74. The van der Waals surface area contributed by atoms with Crippen LogP contribution in [0.1, 0.15) is 58.6 Å². The highest BCUT2D eigenvalue weighted by Crippen LogP contribution is 2.42. The number of allylic oxidation sites excluding steroid dienone is 1. The molecule has 0 amide bonds. The van der Waals surface area contributed by atoms with Gasteiger partial charge in [-0.15, -0.1) is 0 Å². The average molecular weight is 437 g/mol.